The van der Waals surface area contributed by atoms with Crippen LogP contribution in [0.15, 0.2) is 47.4 Å². The Morgan fingerprint density at radius 2 is 1.73 bits per heavy atom. The number of hydrogen-bond donors (Lipinski definition) is 1. The standard InChI is InChI=1S/C20H25NO4S/c1-13(2)25-16-8-6-7-15(11-16)21-20(22)14(3)26-17-9-10-18(23-4)19(12-17)24-5/h6-14H,1-5H3,(H,21,22)/t14-/m1/s1. The van der Waals surface area contributed by atoms with Gasteiger partial charge in [-0.25, -0.2) is 0 Å². The Kier molecular flexibility index (Phi) is 7.21. The summed E-state index contributed by atoms with van der Waals surface area (Å²) in [6.45, 7) is 5.80. The molecule has 1 amide bonds. The van der Waals surface area contributed by atoms with E-state index in [-0.39, 0.29) is 17.3 Å². The van der Waals surface area contributed by atoms with Crippen molar-refractivity contribution in [2.24, 2.45) is 0 Å². The first kappa shape index (κ1) is 20.0. The molecule has 1 atom stereocenters. The molecule has 6 heteroatoms. The molecule has 26 heavy (non-hydrogen) atoms. The van der Waals surface area contributed by atoms with Crippen LogP contribution in [0.1, 0.15) is 20.8 Å². The van der Waals surface area contributed by atoms with E-state index in [2.05, 4.69) is 5.32 Å². The van der Waals surface area contributed by atoms with Crippen LogP contribution in [-0.2, 0) is 4.79 Å². The van der Waals surface area contributed by atoms with E-state index >= 15 is 0 Å². The van der Waals surface area contributed by atoms with Gasteiger partial charge in [0.25, 0.3) is 0 Å². The monoisotopic (exact) mass is 375 g/mol. The van der Waals surface area contributed by atoms with Crippen LogP contribution >= 0.6 is 11.8 Å². The summed E-state index contributed by atoms with van der Waals surface area (Å²) in [5.74, 6) is 1.96. The van der Waals surface area contributed by atoms with Crippen LogP contribution in [0, 0.1) is 0 Å². The lowest BCUT2D eigenvalue weighted by molar-refractivity contribution is -0.115. The van der Waals surface area contributed by atoms with E-state index in [0.717, 1.165) is 10.6 Å². The van der Waals surface area contributed by atoms with Gasteiger partial charge in [-0.2, -0.15) is 0 Å². The molecule has 0 aliphatic rings. The predicted octanol–water partition coefficient (Wildman–Crippen LogP) is 4.61. The summed E-state index contributed by atoms with van der Waals surface area (Å²) >= 11 is 1.46. The quantitative estimate of drug-likeness (QED) is 0.683. The van der Waals surface area contributed by atoms with E-state index in [1.54, 1.807) is 14.2 Å². The summed E-state index contributed by atoms with van der Waals surface area (Å²) < 4.78 is 16.2. The number of thioether (sulfide) groups is 1. The van der Waals surface area contributed by atoms with Crippen molar-refractivity contribution in [3.63, 3.8) is 0 Å². The minimum Gasteiger partial charge on any atom is -0.493 e. The first-order valence-corrected chi connectivity index (χ1v) is 9.27. The molecule has 0 spiro atoms. The fourth-order valence-corrected chi connectivity index (χ4v) is 3.21. The van der Waals surface area contributed by atoms with Crippen molar-refractivity contribution >= 4 is 23.4 Å². The van der Waals surface area contributed by atoms with Gasteiger partial charge >= 0.3 is 0 Å². The molecule has 0 bridgehead atoms. The Hall–Kier alpha value is -2.34. The van der Waals surface area contributed by atoms with Crippen LogP contribution in [-0.4, -0.2) is 31.5 Å². The highest BCUT2D eigenvalue weighted by molar-refractivity contribution is 8.00. The molecule has 0 radical (unpaired) electrons. The average molecular weight is 375 g/mol. The van der Waals surface area contributed by atoms with Crippen LogP contribution in [0.3, 0.4) is 0 Å². The number of amides is 1. The van der Waals surface area contributed by atoms with Gasteiger partial charge in [0.2, 0.25) is 5.91 Å². The predicted molar refractivity (Wildman–Crippen MR) is 106 cm³/mol. The Labute approximate surface area is 159 Å². The fraction of sp³-hybridized carbons (Fsp3) is 0.350. The minimum absolute atomic E-state index is 0.0773. The van der Waals surface area contributed by atoms with Gasteiger partial charge in [0.1, 0.15) is 5.75 Å². The van der Waals surface area contributed by atoms with E-state index in [4.69, 9.17) is 14.2 Å². The van der Waals surface area contributed by atoms with Crippen molar-refractivity contribution in [2.45, 2.75) is 37.0 Å². The summed E-state index contributed by atoms with van der Waals surface area (Å²) in [6, 6.07) is 13.0. The number of carbonyl (C=O) groups excluding carboxylic acids is 1. The molecule has 2 aromatic carbocycles. The molecule has 0 fully saturated rings. The normalized spacial score (nSPS) is 11.8. The number of nitrogens with one attached hydrogen (secondary N) is 1. The van der Waals surface area contributed by atoms with Gasteiger partial charge in [-0.3, -0.25) is 4.79 Å². The Balaban J connectivity index is 2.01. The summed E-state index contributed by atoms with van der Waals surface area (Å²) in [5, 5.41) is 2.66. The van der Waals surface area contributed by atoms with Crippen LogP contribution < -0.4 is 19.5 Å². The highest BCUT2D eigenvalue weighted by Crippen LogP contribution is 2.33. The summed E-state index contributed by atoms with van der Waals surface area (Å²) in [4.78, 5) is 13.4. The molecule has 0 aromatic heterocycles. The van der Waals surface area contributed by atoms with Crippen molar-refractivity contribution in [3.05, 3.63) is 42.5 Å². The second kappa shape index (κ2) is 9.38. The van der Waals surface area contributed by atoms with E-state index in [9.17, 15) is 4.79 Å². The van der Waals surface area contributed by atoms with Crippen molar-refractivity contribution in [1.29, 1.82) is 0 Å². The van der Waals surface area contributed by atoms with Crippen molar-refractivity contribution in [1.82, 2.24) is 0 Å². The lowest BCUT2D eigenvalue weighted by atomic mass is 10.3. The Bertz CT molecular complexity index is 748. The maximum absolute atomic E-state index is 12.5. The number of benzene rings is 2. The van der Waals surface area contributed by atoms with Crippen LogP contribution in [0.4, 0.5) is 5.69 Å². The van der Waals surface area contributed by atoms with Gasteiger partial charge in [0, 0.05) is 16.6 Å². The third kappa shape index (κ3) is 5.59. The largest absolute Gasteiger partial charge is 0.493 e. The van der Waals surface area contributed by atoms with Crippen molar-refractivity contribution in [3.8, 4) is 17.2 Å². The molecule has 0 saturated carbocycles. The lowest BCUT2D eigenvalue weighted by Crippen LogP contribution is -2.22. The van der Waals surface area contributed by atoms with Gasteiger partial charge < -0.3 is 19.5 Å². The van der Waals surface area contributed by atoms with Gasteiger partial charge in [-0.1, -0.05) is 6.07 Å². The second-order valence-corrected chi connectivity index (χ2v) is 7.37. The third-order valence-corrected chi connectivity index (χ3v) is 4.60. The smallest absolute Gasteiger partial charge is 0.237 e. The van der Waals surface area contributed by atoms with E-state index in [1.165, 1.54) is 11.8 Å². The molecule has 0 unspecified atom stereocenters. The summed E-state index contributed by atoms with van der Waals surface area (Å²) in [7, 11) is 3.19. The molecular formula is C20H25NO4S. The number of methoxy groups -OCH3 is 2. The molecular weight excluding hydrogens is 350 g/mol. The SMILES string of the molecule is COc1ccc(S[C@H](C)C(=O)Nc2cccc(OC(C)C)c2)cc1OC. The molecule has 0 aliphatic carbocycles. The molecule has 0 heterocycles. The first-order chi connectivity index (χ1) is 12.4. The lowest BCUT2D eigenvalue weighted by Gasteiger charge is -2.15. The molecule has 0 aliphatic heterocycles. The Morgan fingerprint density at radius 1 is 1.00 bits per heavy atom. The van der Waals surface area contributed by atoms with Crippen molar-refractivity contribution in [2.75, 3.05) is 19.5 Å². The zero-order valence-electron chi connectivity index (χ0n) is 15.7. The fourth-order valence-electron chi connectivity index (χ4n) is 2.31. The highest BCUT2D eigenvalue weighted by atomic mass is 32.2. The average Bonchev–Trinajstić information content (AvgIpc) is 2.61. The van der Waals surface area contributed by atoms with E-state index < -0.39 is 0 Å². The number of hydrogen-bond acceptors (Lipinski definition) is 5. The zero-order chi connectivity index (χ0) is 19.1. The van der Waals surface area contributed by atoms with Crippen LogP contribution in [0.25, 0.3) is 0 Å². The molecule has 5 nitrogen and oxygen atoms in total. The van der Waals surface area contributed by atoms with Gasteiger partial charge in [-0.15, -0.1) is 11.8 Å². The van der Waals surface area contributed by atoms with Gasteiger partial charge in [0.05, 0.1) is 25.6 Å². The topological polar surface area (TPSA) is 56.8 Å². The maximum atomic E-state index is 12.5. The zero-order valence-corrected chi connectivity index (χ0v) is 16.6. The summed E-state index contributed by atoms with van der Waals surface area (Å²) in [5.41, 5.74) is 0.716. The molecule has 2 aromatic rings. The summed E-state index contributed by atoms with van der Waals surface area (Å²) in [6.07, 6.45) is 0.0838. The number of anilines is 1. The molecule has 1 N–H and O–H groups in total. The van der Waals surface area contributed by atoms with Crippen LogP contribution in [0.2, 0.25) is 0 Å². The number of ether oxygens (including phenoxy) is 3. The second-order valence-electron chi connectivity index (χ2n) is 5.96. The Morgan fingerprint density at radius 3 is 2.38 bits per heavy atom. The van der Waals surface area contributed by atoms with Gasteiger partial charge in [-0.05, 0) is 51.1 Å². The molecule has 0 saturated heterocycles. The first-order valence-electron chi connectivity index (χ1n) is 8.39. The third-order valence-electron chi connectivity index (χ3n) is 3.51. The van der Waals surface area contributed by atoms with Crippen molar-refractivity contribution < 1.29 is 19.0 Å². The van der Waals surface area contributed by atoms with E-state index in [0.29, 0.717) is 17.2 Å². The van der Waals surface area contributed by atoms with E-state index in [1.807, 2.05) is 63.2 Å². The van der Waals surface area contributed by atoms with Gasteiger partial charge in [0.15, 0.2) is 11.5 Å². The number of carbonyl (C=O) groups is 1. The highest BCUT2D eigenvalue weighted by Gasteiger charge is 2.16. The minimum atomic E-state index is -0.275. The molecule has 140 valence electrons. The number of rotatable bonds is 8. The van der Waals surface area contributed by atoms with Crippen LogP contribution in [0.5, 0.6) is 17.2 Å². The molecule has 2 rings (SSSR count). The maximum Gasteiger partial charge on any atom is 0.237 e.